The van der Waals surface area contributed by atoms with Crippen LogP contribution < -0.4 is 0 Å². The van der Waals surface area contributed by atoms with Gasteiger partial charge in [-0.25, -0.2) is 17.6 Å². The molecule has 0 saturated heterocycles. The lowest BCUT2D eigenvalue weighted by Gasteiger charge is -2.04. The Morgan fingerprint density at radius 3 is 2.07 bits per heavy atom. The molecule has 0 radical (unpaired) electrons. The molecule has 0 amide bonds. The summed E-state index contributed by atoms with van der Waals surface area (Å²) >= 11 is 0. The molecule has 0 N–H and O–H groups in total. The standard InChI is InChI=1S/C25H14F4/c1-15-2-6-17(7-3-15)19-10-9-18(22(26)13-19)8-4-16-5-11-21-20(12-16)14-23(27)25(29)24(21)28/h2-3,5-7,9-14H,1H3. The van der Waals surface area contributed by atoms with Crippen molar-refractivity contribution in [3.8, 4) is 23.0 Å². The first-order valence-electron chi connectivity index (χ1n) is 8.88. The number of halogens is 4. The maximum atomic E-state index is 14.5. The van der Waals surface area contributed by atoms with Gasteiger partial charge in [0, 0.05) is 10.9 Å². The molecule has 4 heteroatoms. The fourth-order valence-electron chi connectivity index (χ4n) is 3.06. The van der Waals surface area contributed by atoms with E-state index in [9.17, 15) is 17.6 Å². The lowest BCUT2D eigenvalue weighted by Crippen LogP contribution is -1.92. The van der Waals surface area contributed by atoms with Crippen molar-refractivity contribution in [1.29, 1.82) is 0 Å². The maximum absolute atomic E-state index is 14.5. The van der Waals surface area contributed by atoms with Crippen LogP contribution in [0.2, 0.25) is 0 Å². The molecule has 0 aliphatic rings. The molecule has 4 aromatic carbocycles. The number of rotatable bonds is 1. The van der Waals surface area contributed by atoms with Crippen LogP contribution in [0.4, 0.5) is 17.6 Å². The van der Waals surface area contributed by atoms with Gasteiger partial charge < -0.3 is 0 Å². The van der Waals surface area contributed by atoms with Crippen LogP contribution in [0.25, 0.3) is 21.9 Å². The van der Waals surface area contributed by atoms with Crippen molar-refractivity contribution in [2.75, 3.05) is 0 Å². The Morgan fingerprint density at radius 1 is 0.621 bits per heavy atom. The Morgan fingerprint density at radius 2 is 1.34 bits per heavy atom. The normalized spacial score (nSPS) is 10.7. The SMILES string of the molecule is Cc1ccc(-c2ccc(C#Cc3ccc4c(F)c(F)c(F)cc4c3)c(F)c2)cc1. The van der Waals surface area contributed by atoms with Gasteiger partial charge in [0.2, 0.25) is 0 Å². The zero-order valence-electron chi connectivity index (χ0n) is 15.4. The molecule has 0 fully saturated rings. The van der Waals surface area contributed by atoms with E-state index >= 15 is 0 Å². The topological polar surface area (TPSA) is 0 Å². The van der Waals surface area contributed by atoms with Gasteiger partial charge in [0.25, 0.3) is 0 Å². The van der Waals surface area contributed by atoms with Gasteiger partial charge in [-0.3, -0.25) is 0 Å². The minimum Gasteiger partial charge on any atom is -0.206 e. The fraction of sp³-hybridized carbons (Fsp3) is 0.0400. The van der Waals surface area contributed by atoms with E-state index in [0.29, 0.717) is 5.56 Å². The molecule has 0 bridgehead atoms. The summed E-state index contributed by atoms with van der Waals surface area (Å²) in [6.07, 6.45) is 0. The number of aryl methyl sites for hydroxylation is 1. The molecule has 0 aliphatic carbocycles. The van der Waals surface area contributed by atoms with E-state index < -0.39 is 23.3 Å². The van der Waals surface area contributed by atoms with E-state index in [1.54, 1.807) is 12.1 Å². The molecule has 142 valence electrons. The fourth-order valence-corrected chi connectivity index (χ4v) is 3.06. The Hall–Kier alpha value is -3.58. The Kier molecular flexibility index (Phi) is 4.82. The molecule has 0 saturated carbocycles. The summed E-state index contributed by atoms with van der Waals surface area (Å²) in [4.78, 5) is 0. The number of hydrogen-bond donors (Lipinski definition) is 0. The summed E-state index contributed by atoms with van der Waals surface area (Å²) in [5.41, 5.74) is 3.41. The Labute approximate surface area is 165 Å². The van der Waals surface area contributed by atoms with Crippen molar-refractivity contribution in [3.63, 3.8) is 0 Å². The van der Waals surface area contributed by atoms with Gasteiger partial charge in [-0.1, -0.05) is 53.8 Å². The molecule has 29 heavy (non-hydrogen) atoms. The number of fused-ring (bicyclic) bond motifs is 1. The average Bonchev–Trinajstić information content (AvgIpc) is 2.71. The third-order valence-electron chi connectivity index (χ3n) is 4.67. The summed E-state index contributed by atoms with van der Waals surface area (Å²) in [7, 11) is 0. The van der Waals surface area contributed by atoms with E-state index in [0.717, 1.165) is 22.8 Å². The second-order valence-corrected chi connectivity index (χ2v) is 6.73. The molecule has 0 aromatic heterocycles. The Bertz CT molecular complexity index is 1290. The molecule has 0 nitrogen and oxygen atoms in total. The zero-order valence-corrected chi connectivity index (χ0v) is 15.4. The van der Waals surface area contributed by atoms with Crippen LogP contribution in [-0.4, -0.2) is 0 Å². The van der Waals surface area contributed by atoms with Crippen molar-refractivity contribution >= 4 is 10.8 Å². The van der Waals surface area contributed by atoms with Crippen molar-refractivity contribution in [3.05, 3.63) is 107 Å². The monoisotopic (exact) mass is 390 g/mol. The molecule has 0 atom stereocenters. The van der Waals surface area contributed by atoms with Crippen LogP contribution in [0.3, 0.4) is 0 Å². The molecular formula is C25H14F4. The Balaban J connectivity index is 1.67. The molecule has 0 aliphatic heterocycles. The average molecular weight is 390 g/mol. The van der Waals surface area contributed by atoms with Gasteiger partial charge in [-0.05, 0) is 53.8 Å². The van der Waals surface area contributed by atoms with Gasteiger partial charge in [0.1, 0.15) is 5.82 Å². The van der Waals surface area contributed by atoms with Gasteiger partial charge in [0.15, 0.2) is 17.5 Å². The lowest BCUT2D eigenvalue weighted by atomic mass is 10.0. The van der Waals surface area contributed by atoms with E-state index in [1.807, 2.05) is 31.2 Å². The smallest absolute Gasteiger partial charge is 0.195 e. The summed E-state index contributed by atoms with van der Waals surface area (Å²) in [5, 5.41) is 0.145. The second kappa shape index (κ2) is 7.44. The minimum atomic E-state index is -1.51. The highest BCUT2D eigenvalue weighted by Crippen LogP contribution is 2.25. The van der Waals surface area contributed by atoms with Crippen LogP contribution in [-0.2, 0) is 0 Å². The van der Waals surface area contributed by atoms with Gasteiger partial charge in [-0.2, -0.15) is 0 Å². The molecule has 4 aromatic rings. The highest BCUT2D eigenvalue weighted by atomic mass is 19.2. The highest BCUT2D eigenvalue weighted by Gasteiger charge is 2.13. The van der Waals surface area contributed by atoms with E-state index in [-0.39, 0.29) is 16.3 Å². The lowest BCUT2D eigenvalue weighted by molar-refractivity contribution is 0.453. The molecular weight excluding hydrogens is 376 g/mol. The van der Waals surface area contributed by atoms with Crippen molar-refractivity contribution < 1.29 is 17.6 Å². The van der Waals surface area contributed by atoms with Crippen LogP contribution in [0.15, 0.2) is 66.7 Å². The van der Waals surface area contributed by atoms with Crippen LogP contribution in [0.5, 0.6) is 0 Å². The predicted molar refractivity (Wildman–Crippen MR) is 106 cm³/mol. The van der Waals surface area contributed by atoms with Crippen LogP contribution in [0.1, 0.15) is 16.7 Å². The summed E-state index contributed by atoms with van der Waals surface area (Å²) in [6.45, 7) is 1.98. The highest BCUT2D eigenvalue weighted by molar-refractivity contribution is 5.84. The van der Waals surface area contributed by atoms with Gasteiger partial charge in [-0.15, -0.1) is 0 Å². The summed E-state index contributed by atoms with van der Waals surface area (Å²) in [5.74, 6) is 1.05. The van der Waals surface area contributed by atoms with Crippen LogP contribution >= 0.6 is 0 Å². The van der Waals surface area contributed by atoms with Crippen LogP contribution in [0, 0.1) is 42.0 Å². The minimum absolute atomic E-state index is 0.0388. The zero-order chi connectivity index (χ0) is 20.5. The molecule has 0 unspecified atom stereocenters. The van der Waals surface area contributed by atoms with Crippen molar-refractivity contribution in [2.45, 2.75) is 6.92 Å². The van der Waals surface area contributed by atoms with E-state index in [1.165, 1.54) is 24.3 Å². The number of benzene rings is 4. The summed E-state index contributed by atoms with van der Waals surface area (Å²) < 4.78 is 55.0. The third kappa shape index (κ3) is 3.72. The molecule has 4 rings (SSSR count). The van der Waals surface area contributed by atoms with E-state index in [4.69, 9.17) is 0 Å². The third-order valence-corrected chi connectivity index (χ3v) is 4.67. The van der Waals surface area contributed by atoms with Crippen molar-refractivity contribution in [2.24, 2.45) is 0 Å². The first-order valence-corrected chi connectivity index (χ1v) is 8.88. The maximum Gasteiger partial charge on any atom is 0.195 e. The molecule has 0 heterocycles. The van der Waals surface area contributed by atoms with Gasteiger partial charge >= 0.3 is 0 Å². The first kappa shape index (κ1) is 18.8. The van der Waals surface area contributed by atoms with E-state index in [2.05, 4.69) is 11.8 Å². The number of hydrogen-bond acceptors (Lipinski definition) is 0. The predicted octanol–water partition coefficient (Wildman–Crippen LogP) is 6.77. The first-order chi connectivity index (χ1) is 13.9. The molecule has 0 spiro atoms. The largest absolute Gasteiger partial charge is 0.206 e. The van der Waals surface area contributed by atoms with Gasteiger partial charge in [0.05, 0.1) is 5.56 Å². The summed E-state index contributed by atoms with van der Waals surface area (Å²) in [6, 6.07) is 17.7. The van der Waals surface area contributed by atoms with Crippen molar-refractivity contribution in [1.82, 2.24) is 0 Å². The second-order valence-electron chi connectivity index (χ2n) is 6.73. The quantitative estimate of drug-likeness (QED) is 0.191.